The van der Waals surface area contributed by atoms with Crippen molar-refractivity contribution < 1.29 is 13.9 Å². The van der Waals surface area contributed by atoms with Crippen LogP contribution in [0.25, 0.3) is 22.6 Å². The van der Waals surface area contributed by atoms with Gasteiger partial charge in [0.05, 0.1) is 29.5 Å². The van der Waals surface area contributed by atoms with Crippen molar-refractivity contribution in [3.8, 4) is 17.3 Å². The first-order valence-corrected chi connectivity index (χ1v) is 9.37. The molecule has 28 heavy (non-hydrogen) atoms. The number of halogens is 1. The minimum absolute atomic E-state index is 0.152. The van der Waals surface area contributed by atoms with E-state index in [9.17, 15) is 9.18 Å². The molecule has 0 bridgehead atoms. The number of fused-ring (bicyclic) bond motifs is 1. The number of imidazole rings is 1. The van der Waals surface area contributed by atoms with E-state index < -0.39 is 5.82 Å². The lowest BCUT2D eigenvalue weighted by molar-refractivity contribution is -0.105. The van der Waals surface area contributed by atoms with Crippen LogP contribution in [0.1, 0.15) is 26.2 Å². The number of hydrogen-bond acceptors (Lipinski definition) is 5. The van der Waals surface area contributed by atoms with Gasteiger partial charge in [0.15, 0.2) is 17.4 Å². The zero-order valence-corrected chi connectivity index (χ0v) is 16.1. The highest BCUT2D eigenvalue weighted by atomic mass is 19.1. The number of aromatic amines is 2. The Morgan fingerprint density at radius 3 is 2.75 bits per heavy atom. The Morgan fingerprint density at radius 1 is 1.32 bits per heavy atom. The van der Waals surface area contributed by atoms with Crippen LogP contribution in [0.4, 0.5) is 10.1 Å². The van der Waals surface area contributed by atoms with Crippen molar-refractivity contribution in [3.63, 3.8) is 0 Å². The van der Waals surface area contributed by atoms with Crippen LogP contribution in [0.15, 0.2) is 18.3 Å². The summed E-state index contributed by atoms with van der Waals surface area (Å²) in [6.45, 7) is 4.79. The van der Waals surface area contributed by atoms with Gasteiger partial charge in [0, 0.05) is 12.1 Å². The number of benzene rings is 1. The number of ether oxygens (including phenoxy) is 1. The molecular weight excluding hydrogens is 363 g/mol. The summed E-state index contributed by atoms with van der Waals surface area (Å²) in [5.41, 5.74) is 2.07. The van der Waals surface area contributed by atoms with Gasteiger partial charge in [-0.2, -0.15) is 5.10 Å². The molecule has 3 heterocycles. The van der Waals surface area contributed by atoms with E-state index in [1.54, 1.807) is 6.92 Å². The molecule has 0 aliphatic carbocycles. The van der Waals surface area contributed by atoms with Gasteiger partial charge in [-0.15, -0.1) is 0 Å². The van der Waals surface area contributed by atoms with Crippen LogP contribution in [0.3, 0.4) is 0 Å². The van der Waals surface area contributed by atoms with Crippen molar-refractivity contribution in [1.82, 2.24) is 25.1 Å². The van der Waals surface area contributed by atoms with Crippen LogP contribution in [0.5, 0.6) is 5.75 Å². The second-order valence-electron chi connectivity index (χ2n) is 6.60. The topological polar surface area (TPSA) is 98.9 Å². The summed E-state index contributed by atoms with van der Waals surface area (Å²) in [5, 5.41) is 9.09. The standard InChI is InChI=1S/C13H12FN5O2.C6H13N/c1-2-21-11-4-9-8(3-7(11)14)17-13(18-9)12-10(15-6-20)5-16-19-12;1-7-5-3-2-4-6-7/h3-6H,2H2,1H3,(H,15,20)(H,16,19)(H,17,18);2-6H2,1H3. The number of aromatic nitrogens is 4. The van der Waals surface area contributed by atoms with Gasteiger partial charge in [0.2, 0.25) is 6.41 Å². The molecule has 3 N–H and O–H groups in total. The molecule has 1 aliphatic rings. The van der Waals surface area contributed by atoms with E-state index in [1.807, 2.05) is 0 Å². The Hall–Kier alpha value is -2.94. The predicted octanol–water partition coefficient (Wildman–Crippen LogP) is 3.16. The van der Waals surface area contributed by atoms with Gasteiger partial charge in [-0.1, -0.05) is 6.42 Å². The number of carbonyl (C=O) groups is 1. The summed E-state index contributed by atoms with van der Waals surface area (Å²) in [7, 11) is 2.19. The molecule has 0 radical (unpaired) electrons. The Balaban J connectivity index is 0.000000271. The van der Waals surface area contributed by atoms with Gasteiger partial charge in [0.1, 0.15) is 5.69 Å². The fourth-order valence-electron chi connectivity index (χ4n) is 3.09. The molecule has 150 valence electrons. The number of amides is 1. The second kappa shape index (κ2) is 9.32. The Labute approximate surface area is 162 Å². The molecule has 0 atom stereocenters. The Morgan fingerprint density at radius 2 is 2.11 bits per heavy atom. The summed E-state index contributed by atoms with van der Waals surface area (Å²) in [6.07, 6.45) is 6.28. The van der Waals surface area contributed by atoms with E-state index in [0.717, 1.165) is 0 Å². The monoisotopic (exact) mass is 388 g/mol. The van der Waals surface area contributed by atoms with Crippen molar-refractivity contribution in [1.29, 1.82) is 0 Å². The number of nitrogens with zero attached hydrogens (tertiary/aromatic N) is 3. The van der Waals surface area contributed by atoms with Crippen molar-refractivity contribution >= 4 is 23.1 Å². The Bertz CT molecular complexity index is 916. The first-order chi connectivity index (χ1) is 13.6. The fraction of sp³-hybridized carbons (Fsp3) is 0.421. The number of hydrogen-bond donors (Lipinski definition) is 3. The van der Waals surface area contributed by atoms with E-state index in [2.05, 4.69) is 37.4 Å². The first kappa shape index (κ1) is 19.8. The van der Waals surface area contributed by atoms with E-state index in [1.165, 1.54) is 50.7 Å². The largest absolute Gasteiger partial charge is 0.491 e. The SMILES string of the molecule is CCOc1cc2nc(-c3[nH]ncc3NC=O)[nH]c2cc1F.CN1CCCCC1. The molecule has 1 saturated heterocycles. The zero-order chi connectivity index (χ0) is 19.9. The summed E-state index contributed by atoms with van der Waals surface area (Å²) in [4.78, 5) is 20.3. The predicted molar refractivity (Wildman–Crippen MR) is 106 cm³/mol. The van der Waals surface area contributed by atoms with Crippen LogP contribution in [0, 0.1) is 5.82 Å². The maximum absolute atomic E-state index is 13.8. The molecule has 1 fully saturated rings. The van der Waals surface area contributed by atoms with Gasteiger partial charge < -0.3 is 19.9 Å². The molecule has 0 spiro atoms. The third kappa shape index (κ3) is 4.66. The smallest absolute Gasteiger partial charge is 0.211 e. The second-order valence-corrected chi connectivity index (χ2v) is 6.60. The van der Waals surface area contributed by atoms with Crippen LogP contribution >= 0.6 is 0 Å². The zero-order valence-electron chi connectivity index (χ0n) is 16.1. The number of rotatable bonds is 5. The average Bonchev–Trinajstić information content (AvgIpc) is 3.30. The lowest BCUT2D eigenvalue weighted by Gasteiger charge is -2.20. The van der Waals surface area contributed by atoms with Crippen LogP contribution in [-0.2, 0) is 4.79 Å². The highest BCUT2D eigenvalue weighted by molar-refractivity contribution is 5.85. The lowest BCUT2D eigenvalue weighted by Crippen LogP contribution is -2.24. The number of H-pyrrole nitrogens is 2. The van der Waals surface area contributed by atoms with Gasteiger partial charge in [0.25, 0.3) is 0 Å². The molecule has 2 aromatic heterocycles. The van der Waals surface area contributed by atoms with Crippen LogP contribution < -0.4 is 10.1 Å². The number of likely N-dealkylation sites (tertiary alicyclic amines) is 1. The number of carbonyl (C=O) groups excluding carboxylic acids is 1. The molecule has 1 amide bonds. The fourth-order valence-corrected chi connectivity index (χ4v) is 3.09. The minimum Gasteiger partial charge on any atom is -0.491 e. The van der Waals surface area contributed by atoms with Crippen molar-refractivity contribution in [3.05, 3.63) is 24.1 Å². The van der Waals surface area contributed by atoms with E-state index in [-0.39, 0.29) is 5.75 Å². The normalized spacial score (nSPS) is 14.4. The molecule has 3 aromatic rings. The van der Waals surface area contributed by atoms with E-state index in [0.29, 0.717) is 41.3 Å². The molecule has 1 aliphatic heterocycles. The van der Waals surface area contributed by atoms with Gasteiger partial charge in [-0.25, -0.2) is 9.37 Å². The average molecular weight is 388 g/mol. The summed E-state index contributed by atoms with van der Waals surface area (Å²) in [6, 6.07) is 2.84. The molecule has 8 nitrogen and oxygen atoms in total. The maximum atomic E-state index is 13.8. The summed E-state index contributed by atoms with van der Waals surface area (Å²) < 4.78 is 19.0. The van der Waals surface area contributed by atoms with Crippen molar-refractivity contribution in [2.45, 2.75) is 26.2 Å². The van der Waals surface area contributed by atoms with Gasteiger partial charge >= 0.3 is 0 Å². The maximum Gasteiger partial charge on any atom is 0.211 e. The number of nitrogens with one attached hydrogen (secondary N) is 3. The van der Waals surface area contributed by atoms with Crippen LogP contribution in [0.2, 0.25) is 0 Å². The van der Waals surface area contributed by atoms with E-state index in [4.69, 9.17) is 4.74 Å². The molecular formula is C19H25FN6O2. The van der Waals surface area contributed by atoms with Crippen molar-refractivity contribution in [2.24, 2.45) is 0 Å². The Kier molecular flexibility index (Phi) is 6.59. The number of piperidine rings is 1. The van der Waals surface area contributed by atoms with Gasteiger partial charge in [-0.05, 0) is 39.9 Å². The first-order valence-electron chi connectivity index (χ1n) is 9.37. The quantitative estimate of drug-likeness (QED) is 0.583. The third-order valence-corrected chi connectivity index (χ3v) is 4.51. The highest BCUT2D eigenvalue weighted by Gasteiger charge is 2.14. The highest BCUT2D eigenvalue weighted by Crippen LogP contribution is 2.28. The van der Waals surface area contributed by atoms with Crippen LogP contribution in [-0.4, -0.2) is 58.2 Å². The van der Waals surface area contributed by atoms with E-state index >= 15 is 0 Å². The number of anilines is 1. The minimum atomic E-state index is -0.463. The molecule has 4 rings (SSSR count). The van der Waals surface area contributed by atoms with Gasteiger partial charge in [-0.3, -0.25) is 9.89 Å². The molecule has 0 unspecified atom stereocenters. The van der Waals surface area contributed by atoms with Crippen molar-refractivity contribution in [2.75, 3.05) is 32.1 Å². The summed E-state index contributed by atoms with van der Waals surface area (Å²) in [5.74, 6) is 0.134. The third-order valence-electron chi connectivity index (χ3n) is 4.51. The molecule has 0 saturated carbocycles. The molecule has 1 aromatic carbocycles. The molecule has 9 heteroatoms. The lowest BCUT2D eigenvalue weighted by atomic mass is 10.1. The summed E-state index contributed by atoms with van der Waals surface area (Å²) >= 11 is 0.